The van der Waals surface area contributed by atoms with Crippen molar-refractivity contribution in [3.05, 3.63) is 0 Å². The Labute approximate surface area is 154 Å². The van der Waals surface area contributed by atoms with Gasteiger partial charge in [0.25, 0.3) is 0 Å². The van der Waals surface area contributed by atoms with Crippen molar-refractivity contribution in [2.24, 2.45) is 5.92 Å². The summed E-state index contributed by atoms with van der Waals surface area (Å²) in [6.45, 7) is 3.77. The number of rotatable bonds is 7. The third-order valence-electron chi connectivity index (χ3n) is 5.47. The maximum atomic E-state index is 12.3. The normalized spacial score (nSPS) is 24.0. The summed E-state index contributed by atoms with van der Waals surface area (Å²) in [5.41, 5.74) is 0. The summed E-state index contributed by atoms with van der Waals surface area (Å²) in [7, 11) is 0. The van der Waals surface area contributed by atoms with Crippen molar-refractivity contribution in [2.75, 3.05) is 45.9 Å². The van der Waals surface area contributed by atoms with Crippen LogP contribution < -0.4 is 5.32 Å². The Balaban J connectivity index is 1.28. The third-order valence-corrected chi connectivity index (χ3v) is 5.47. The standard InChI is InChI=1S/C18H29N3O5/c22-16(19-12-15-2-1-10-25-15)4-3-14-5-7-20(8-6-14)17(23)13-21-9-11-26-18(21)24/h14-15H,1-13H2,(H,19,22)/t15-/m0/s1. The van der Waals surface area contributed by atoms with Crippen molar-refractivity contribution >= 4 is 17.9 Å². The van der Waals surface area contributed by atoms with Crippen molar-refractivity contribution < 1.29 is 23.9 Å². The first-order chi connectivity index (χ1) is 12.6. The molecule has 3 saturated heterocycles. The minimum absolute atomic E-state index is 0.0170. The molecule has 146 valence electrons. The largest absolute Gasteiger partial charge is 0.448 e. The fourth-order valence-corrected chi connectivity index (χ4v) is 3.76. The van der Waals surface area contributed by atoms with Crippen LogP contribution in [0.4, 0.5) is 4.79 Å². The van der Waals surface area contributed by atoms with E-state index in [-0.39, 0.29) is 24.5 Å². The molecule has 3 aliphatic heterocycles. The first-order valence-electron chi connectivity index (χ1n) is 9.69. The minimum atomic E-state index is -0.401. The molecule has 1 atom stereocenters. The van der Waals surface area contributed by atoms with Crippen molar-refractivity contribution in [3.8, 4) is 0 Å². The third kappa shape index (κ3) is 5.33. The van der Waals surface area contributed by atoms with Crippen molar-refractivity contribution in [3.63, 3.8) is 0 Å². The lowest BCUT2D eigenvalue weighted by atomic mass is 9.92. The van der Waals surface area contributed by atoms with Gasteiger partial charge >= 0.3 is 6.09 Å². The van der Waals surface area contributed by atoms with Crippen LogP contribution in [0.3, 0.4) is 0 Å². The Kier molecular flexibility index (Phi) is 6.71. The zero-order valence-electron chi connectivity index (χ0n) is 15.3. The molecule has 26 heavy (non-hydrogen) atoms. The number of likely N-dealkylation sites (tertiary alicyclic amines) is 1. The molecule has 3 aliphatic rings. The Morgan fingerprint density at radius 1 is 1.12 bits per heavy atom. The molecule has 0 aromatic rings. The summed E-state index contributed by atoms with van der Waals surface area (Å²) in [6.07, 6.45) is 5.11. The van der Waals surface area contributed by atoms with Crippen LogP contribution in [0.15, 0.2) is 0 Å². The number of piperidine rings is 1. The molecule has 0 aliphatic carbocycles. The highest BCUT2D eigenvalue weighted by Crippen LogP contribution is 2.22. The van der Waals surface area contributed by atoms with Crippen LogP contribution in [0, 0.1) is 5.92 Å². The Morgan fingerprint density at radius 3 is 2.58 bits per heavy atom. The number of cyclic esters (lactones) is 1. The fraction of sp³-hybridized carbons (Fsp3) is 0.833. The number of amides is 3. The lowest BCUT2D eigenvalue weighted by molar-refractivity contribution is -0.133. The Bertz CT molecular complexity index is 513. The summed E-state index contributed by atoms with van der Waals surface area (Å²) in [6, 6.07) is 0. The molecule has 0 spiro atoms. The molecule has 0 saturated carbocycles. The summed E-state index contributed by atoms with van der Waals surface area (Å²) in [5.74, 6) is 0.549. The van der Waals surface area contributed by atoms with Crippen LogP contribution in [0.5, 0.6) is 0 Å². The van der Waals surface area contributed by atoms with E-state index >= 15 is 0 Å². The molecule has 0 aromatic heterocycles. The molecule has 1 N–H and O–H groups in total. The SMILES string of the molecule is O=C(CCC1CCN(C(=O)CN2CCOC2=O)CC1)NC[C@@H]1CCCO1. The Morgan fingerprint density at radius 2 is 1.92 bits per heavy atom. The summed E-state index contributed by atoms with van der Waals surface area (Å²) in [4.78, 5) is 38.9. The van der Waals surface area contributed by atoms with E-state index in [4.69, 9.17) is 9.47 Å². The topological polar surface area (TPSA) is 88.2 Å². The summed E-state index contributed by atoms with van der Waals surface area (Å²) < 4.78 is 10.3. The first kappa shape index (κ1) is 18.9. The zero-order valence-corrected chi connectivity index (χ0v) is 15.3. The average molecular weight is 367 g/mol. The summed E-state index contributed by atoms with van der Waals surface area (Å²) in [5, 5.41) is 2.96. The van der Waals surface area contributed by atoms with Gasteiger partial charge in [0, 0.05) is 32.7 Å². The van der Waals surface area contributed by atoms with E-state index in [1.807, 2.05) is 4.90 Å². The number of hydrogen-bond donors (Lipinski definition) is 1. The number of nitrogens with zero attached hydrogens (tertiary/aromatic N) is 2. The fourth-order valence-electron chi connectivity index (χ4n) is 3.76. The lowest BCUT2D eigenvalue weighted by Crippen LogP contribution is -2.44. The highest BCUT2D eigenvalue weighted by molar-refractivity contribution is 5.83. The van der Waals surface area contributed by atoms with Gasteiger partial charge in [-0.1, -0.05) is 0 Å². The predicted octanol–water partition coefficient (Wildman–Crippen LogP) is 0.753. The minimum Gasteiger partial charge on any atom is -0.448 e. The van der Waals surface area contributed by atoms with E-state index in [9.17, 15) is 14.4 Å². The Hall–Kier alpha value is -1.83. The quantitative estimate of drug-likeness (QED) is 0.717. The van der Waals surface area contributed by atoms with Gasteiger partial charge in [-0.05, 0) is 38.0 Å². The van der Waals surface area contributed by atoms with E-state index in [1.165, 1.54) is 4.90 Å². The smallest absolute Gasteiger partial charge is 0.410 e. The van der Waals surface area contributed by atoms with E-state index in [0.717, 1.165) is 38.7 Å². The second-order valence-corrected chi connectivity index (χ2v) is 7.34. The van der Waals surface area contributed by atoms with E-state index in [1.54, 1.807) is 0 Å². The molecule has 0 radical (unpaired) electrons. The molecular weight excluding hydrogens is 338 g/mol. The number of carbonyl (C=O) groups is 3. The van der Waals surface area contributed by atoms with Gasteiger partial charge in [-0.3, -0.25) is 14.5 Å². The van der Waals surface area contributed by atoms with Gasteiger partial charge in [-0.25, -0.2) is 4.79 Å². The second kappa shape index (κ2) is 9.21. The molecule has 3 fully saturated rings. The van der Waals surface area contributed by atoms with Gasteiger partial charge in [0.15, 0.2) is 0 Å². The number of carbonyl (C=O) groups excluding carboxylic acids is 3. The number of hydrogen-bond acceptors (Lipinski definition) is 5. The zero-order chi connectivity index (χ0) is 18.4. The lowest BCUT2D eigenvalue weighted by Gasteiger charge is -2.32. The van der Waals surface area contributed by atoms with E-state index in [0.29, 0.717) is 45.1 Å². The van der Waals surface area contributed by atoms with E-state index < -0.39 is 6.09 Å². The van der Waals surface area contributed by atoms with E-state index in [2.05, 4.69) is 5.32 Å². The van der Waals surface area contributed by atoms with Gasteiger partial charge in [0.2, 0.25) is 11.8 Å². The monoisotopic (exact) mass is 367 g/mol. The van der Waals surface area contributed by atoms with Crippen molar-refractivity contribution in [2.45, 2.75) is 44.6 Å². The van der Waals surface area contributed by atoms with Crippen LogP contribution in [0.1, 0.15) is 38.5 Å². The molecule has 0 aromatic carbocycles. The van der Waals surface area contributed by atoms with Gasteiger partial charge in [0.1, 0.15) is 13.2 Å². The van der Waals surface area contributed by atoms with Crippen LogP contribution in [-0.2, 0) is 19.1 Å². The van der Waals surface area contributed by atoms with Gasteiger partial charge < -0.3 is 19.7 Å². The molecule has 8 heteroatoms. The van der Waals surface area contributed by atoms with Gasteiger partial charge in [-0.2, -0.15) is 0 Å². The highest BCUT2D eigenvalue weighted by Gasteiger charge is 2.28. The van der Waals surface area contributed by atoms with Crippen molar-refractivity contribution in [1.82, 2.24) is 15.1 Å². The predicted molar refractivity (Wildman–Crippen MR) is 93.4 cm³/mol. The molecule has 3 amide bonds. The van der Waals surface area contributed by atoms with Crippen molar-refractivity contribution in [1.29, 1.82) is 0 Å². The molecule has 0 bridgehead atoms. The number of ether oxygens (including phenoxy) is 2. The molecule has 3 heterocycles. The maximum absolute atomic E-state index is 12.3. The maximum Gasteiger partial charge on any atom is 0.410 e. The average Bonchev–Trinajstić information content (AvgIpc) is 3.31. The first-order valence-corrected chi connectivity index (χ1v) is 9.69. The molecule has 0 unspecified atom stereocenters. The molecule has 3 rings (SSSR count). The van der Waals surface area contributed by atoms with Crippen LogP contribution in [0.25, 0.3) is 0 Å². The number of nitrogens with one attached hydrogen (secondary N) is 1. The highest BCUT2D eigenvalue weighted by atomic mass is 16.6. The molecule has 8 nitrogen and oxygen atoms in total. The van der Waals surface area contributed by atoms with Crippen LogP contribution >= 0.6 is 0 Å². The van der Waals surface area contributed by atoms with Gasteiger partial charge in [-0.15, -0.1) is 0 Å². The van der Waals surface area contributed by atoms with Crippen LogP contribution in [0.2, 0.25) is 0 Å². The summed E-state index contributed by atoms with van der Waals surface area (Å²) >= 11 is 0. The molecular formula is C18H29N3O5. The van der Waals surface area contributed by atoms with Crippen LogP contribution in [-0.4, -0.2) is 79.7 Å². The second-order valence-electron chi connectivity index (χ2n) is 7.34. The van der Waals surface area contributed by atoms with Gasteiger partial charge in [0.05, 0.1) is 12.6 Å².